The first-order valence-electron chi connectivity index (χ1n) is 5.03. The summed E-state index contributed by atoms with van der Waals surface area (Å²) in [7, 11) is 0. The summed E-state index contributed by atoms with van der Waals surface area (Å²) in [5, 5.41) is 2.70. The second-order valence-electron chi connectivity index (χ2n) is 3.63. The van der Waals surface area contributed by atoms with E-state index in [1.807, 2.05) is 5.38 Å². The van der Waals surface area contributed by atoms with Crippen molar-refractivity contribution in [2.24, 2.45) is 0 Å². The first kappa shape index (κ1) is 10.7. The quantitative estimate of drug-likeness (QED) is 0.617. The predicted octanol–water partition coefficient (Wildman–Crippen LogP) is 4.76. The van der Waals surface area contributed by atoms with Crippen LogP contribution >= 0.6 is 22.9 Å². The molecule has 0 fully saturated rings. The average molecular weight is 264 g/mol. The molecule has 2 aromatic heterocycles. The molecule has 0 spiro atoms. The summed E-state index contributed by atoms with van der Waals surface area (Å²) in [6, 6.07) is 8.17. The summed E-state index contributed by atoms with van der Waals surface area (Å²) in [6.45, 7) is 0. The zero-order valence-electron chi connectivity index (χ0n) is 8.65. The van der Waals surface area contributed by atoms with E-state index in [0.29, 0.717) is 5.02 Å². The highest BCUT2D eigenvalue weighted by molar-refractivity contribution is 7.18. The van der Waals surface area contributed by atoms with E-state index in [-0.39, 0.29) is 5.82 Å². The lowest BCUT2D eigenvalue weighted by atomic mass is 10.1. The van der Waals surface area contributed by atoms with Gasteiger partial charge in [0.2, 0.25) is 0 Å². The summed E-state index contributed by atoms with van der Waals surface area (Å²) < 4.78 is 13.8. The van der Waals surface area contributed by atoms with Crippen LogP contribution in [0.2, 0.25) is 5.02 Å². The van der Waals surface area contributed by atoms with Gasteiger partial charge in [-0.05, 0) is 23.8 Å². The van der Waals surface area contributed by atoms with Gasteiger partial charge in [0.25, 0.3) is 0 Å². The molecule has 3 aromatic rings. The second kappa shape index (κ2) is 4.09. The SMILES string of the molecule is Fc1ccc(-c2csc3c(Cl)ccnc23)cc1. The van der Waals surface area contributed by atoms with E-state index >= 15 is 0 Å². The van der Waals surface area contributed by atoms with Crippen LogP contribution in [0, 0.1) is 5.82 Å². The van der Waals surface area contributed by atoms with Crippen LogP contribution < -0.4 is 0 Å². The monoisotopic (exact) mass is 263 g/mol. The molecule has 0 saturated heterocycles. The lowest BCUT2D eigenvalue weighted by Crippen LogP contribution is -1.79. The van der Waals surface area contributed by atoms with Gasteiger partial charge in [0.15, 0.2) is 0 Å². The molecule has 0 amide bonds. The fraction of sp³-hybridized carbons (Fsp3) is 0. The van der Waals surface area contributed by atoms with Crippen molar-refractivity contribution in [3.8, 4) is 11.1 Å². The van der Waals surface area contributed by atoms with Gasteiger partial charge in [0.1, 0.15) is 5.82 Å². The van der Waals surface area contributed by atoms with Crippen LogP contribution in [-0.4, -0.2) is 4.98 Å². The molecule has 0 atom stereocenters. The molecule has 0 radical (unpaired) electrons. The highest BCUT2D eigenvalue weighted by atomic mass is 35.5. The molecule has 2 heterocycles. The van der Waals surface area contributed by atoms with E-state index in [0.717, 1.165) is 21.3 Å². The van der Waals surface area contributed by atoms with Crippen LogP contribution in [0.3, 0.4) is 0 Å². The van der Waals surface area contributed by atoms with Gasteiger partial charge in [-0.3, -0.25) is 4.98 Å². The molecule has 0 aliphatic carbocycles. The Morgan fingerprint density at radius 1 is 1.12 bits per heavy atom. The summed E-state index contributed by atoms with van der Waals surface area (Å²) in [4.78, 5) is 4.33. The van der Waals surface area contributed by atoms with Crippen molar-refractivity contribution in [2.75, 3.05) is 0 Å². The molecular formula is C13H7ClFNS. The lowest BCUT2D eigenvalue weighted by Gasteiger charge is -1.99. The highest BCUT2D eigenvalue weighted by Gasteiger charge is 2.09. The van der Waals surface area contributed by atoms with E-state index in [9.17, 15) is 4.39 Å². The normalized spacial score (nSPS) is 10.9. The summed E-state index contributed by atoms with van der Waals surface area (Å²) in [5.41, 5.74) is 2.81. The van der Waals surface area contributed by atoms with Gasteiger partial charge >= 0.3 is 0 Å². The number of thiophene rings is 1. The first-order valence-corrected chi connectivity index (χ1v) is 6.29. The number of aromatic nitrogens is 1. The van der Waals surface area contributed by atoms with Crippen molar-refractivity contribution >= 4 is 33.2 Å². The van der Waals surface area contributed by atoms with Crippen LogP contribution in [0.25, 0.3) is 21.3 Å². The number of nitrogens with zero attached hydrogens (tertiary/aromatic N) is 1. The van der Waals surface area contributed by atoms with Crippen molar-refractivity contribution in [3.63, 3.8) is 0 Å². The van der Waals surface area contributed by atoms with Crippen molar-refractivity contribution in [1.29, 1.82) is 0 Å². The Morgan fingerprint density at radius 2 is 1.88 bits per heavy atom. The Kier molecular flexibility index (Phi) is 2.57. The molecule has 0 unspecified atom stereocenters. The molecule has 1 nitrogen and oxygen atoms in total. The predicted molar refractivity (Wildman–Crippen MR) is 70.0 cm³/mol. The van der Waals surface area contributed by atoms with Gasteiger partial charge in [0.05, 0.1) is 15.2 Å². The number of pyridine rings is 1. The van der Waals surface area contributed by atoms with E-state index in [1.54, 1.807) is 35.7 Å². The second-order valence-corrected chi connectivity index (χ2v) is 4.91. The third kappa shape index (κ3) is 1.81. The van der Waals surface area contributed by atoms with Gasteiger partial charge in [-0.25, -0.2) is 4.39 Å². The minimum atomic E-state index is -0.237. The minimum absolute atomic E-state index is 0.237. The average Bonchev–Trinajstić information content (AvgIpc) is 2.75. The van der Waals surface area contributed by atoms with E-state index in [4.69, 9.17) is 11.6 Å². The van der Waals surface area contributed by atoms with Crippen molar-refractivity contribution < 1.29 is 4.39 Å². The molecule has 0 N–H and O–H groups in total. The van der Waals surface area contributed by atoms with Gasteiger partial charge in [-0.1, -0.05) is 23.7 Å². The third-order valence-corrected chi connectivity index (χ3v) is 3.99. The Labute approximate surface area is 106 Å². The van der Waals surface area contributed by atoms with Gasteiger partial charge in [0, 0.05) is 17.1 Å². The van der Waals surface area contributed by atoms with E-state index in [1.165, 1.54) is 12.1 Å². The maximum Gasteiger partial charge on any atom is 0.123 e. The van der Waals surface area contributed by atoms with Gasteiger partial charge in [-0.15, -0.1) is 11.3 Å². The van der Waals surface area contributed by atoms with Gasteiger partial charge < -0.3 is 0 Å². The number of hydrogen-bond acceptors (Lipinski definition) is 2. The first-order chi connectivity index (χ1) is 8.25. The molecule has 1 aromatic carbocycles. The Balaban J connectivity index is 2.24. The Hall–Kier alpha value is -1.45. The number of hydrogen-bond donors (Lipinski definition) is 0. The smallest absolute Gasteiger partial charge is 0.123 e. The molecule has 17 heavy (non-hydrogen) atoms. The molecule has 0 saturated carbocycles. The molecular weight excluding hydrogens is 257 g/mol. The maximum absolute atomic E-state index is 12.9. The van der Waals surface area contributed by atoms with E-state index in [2.05, 4.69) is 4.98 Å². The number of fused-ring (bicyclic) bond motifs is 1. The number of rotatable bonds is 1. The van der Waals surface area contributed by atoms with Crippen LogP contribution in [0.1, 0.15) is 0 Å². The van der Waals surface area contributed by atoms with Crippen LogP contribution in [-0.2, 0) is 0 Å². The number of benzene rings is 1. The molecule has 0 bridgehead atoms. The molecule has 4 heteroatoms. The fourth-order valence-electron chi connectivity index (χ4n) is 1.74. The zero-order valence-corrected chi connectivity index (χ0v) is 10.2. The molecule has 0 aliphatic heterocycles. The third-order valence-electron chi connectivity index (χ3n) is 2.56. The topological polar surface area (TPSA) is 12.9 Å². The largest absolute Gasteiger partial charge is 0.255 e. The van der Waals surface area contributed by atoms with Crippen LogP contribution in [0.4, 0.5) is 4.39 Å². The fourth-order valence-corrected chi connectivity index (χ4v) is 2.95. The zero-order chi connectivity index (χ0) is 11.8. The van der Waals surface area contributed by atoms with Gasteiger partial charge in [-0.2, -0.15) is 0 Å². The standard InChI is InChI=1S/C13H7ClFNS/c14-11-5-6-16-12-10(7-17-13(11)12)8-1-3-9(15)4-2-8/h1-7H. The maximum atomic E-state index is 12.9. The van der Waals surface area contributed by atoms with Crippen molar-refractivity contribution in [3.05, 3.63) is 52.7 Å². The molecule has 84 valence electrons. The minimum Gasteiger partial charge on any atom is -0.255 e. The molecule has 3 rings (SSSR count). The van der Waals surface area contributed by atoms with Crippen LogP contribution in [0.5, 0.6) is 0 Å². The van der Waals surface area contributed by atoms with Crippen molar-refractivity contribution in [2.45, 2.75) is 0 Å². The van der Waals surface area contributed by atoms with E-state index < -0.39 is 0 Å². The number of halogens is 2. The Morgan fingerprint density at radius 3 is 2.65 bits per heavy atom. The summed E-state index contributed by atoms with van der Waals surface area (Å²) >= 11 is 7.64. The Bertz CT molecular complexity index is 675. The lowest BCUT2D eigenvalue weighted by molar-refractivity contribution is 0.628. The van der Waals surface area contributed by atoms with Crippen LogP contribution in [0.15, 0.2) is 41.9 Å². The highest BCUT2D eigenvalue weighted by Crippen LogP contribution is 2.36. The van der Waals surface area contributed by atoms with Crippen molar-refractivity contribution in [1.82, 2.24) is 4.98 Å². The molecule has 0 aliphatic rings. The summed E-state index contributed by atoms with van der Waals surface area (Å²) in [5.74, 6) is -0.237. The summed E-state index contributed by atoms with van der Waals surface area (Å²) in [6.07, 6.45) is 1.68.